The van der Waals surface area contributed by atoms with E-state index in [2.05, 4.69) is 6.08 Å². The summed E-state index contributed by atoms with van der Waals surface area (Å²) in [4.78, 5) is 13.9. The summed E-state index contributed by atoms with van der Waals surface area (Å²) in [6.07, 6.45) is 2.97. The van der Waals surface area contributed by atoms with Gasteiger partial charge in [-0.2, -0.15) is 0 Å². The third-order valence-corrected chi connectivity index (χ3v) is 2.97. The van der Waals surface area contributed by atoms with Crippen LogP contribution >= 0.6 is 0 Å². The van der Waals surface area contributed by atoms with Crippen LogP contribution in [-0.2, 0) is 0 Å². The van der Waals surface area contributed by atoms with E-state index in [4.69, 9.17) is 0 Å². The number of hydrogen-bond donors (Lipinski definition) is 0. The van der Waals surface area contributed by atoms with Gasteiger partial charge in [-0.25, -0.2) is 4.39 Å². The first kappa shape index (κ1) is 11.8. The molecule has 2 nitrogen and oxygen atoms in total. The summed E-state index contributed by atoms with van der Waals surface area (Å²) in [5, 5.41) is 0. The zero-order valence-electron chi connectivity index (χ0n) is 10.2. The van der Waals surface area contributed by atoms with Gasteiger partial charge in [0.25, 0.3) is 5.91 Å². The van der Waals surface area contributed by atoms with Crippen LogP contribution in [0.15, 0.2) is 29.8 Å². The minimum atomic E-state index is -0.437. The number of amides is 1. The molecule has 17 heavy (non-hydrogen) atoms. The number of benzene rings is 1. The minimum absolute atomic E-state index is 0.180. The van der Waals surface area contributed by atoms with Gasteiger partial charge in [-0.15, -0.1) is 0 Å². The van der Waals surface area contributed by atoms with E-state index in [0.29, 0.717) is 13.1 Å². The summed E-state index contributed by atoms with van der Waals surface area (Å²) in [5.74, 6) is -0.647. The summed E-state index contributed by atoms with van der Waals surface area (Å²) in [6, 6.07) is 4.65. The van der Waals surface area contributed by atoms with E-state index >= 15 is 0 Å². The van der Waals surface area contributed by atoms with Crippen molar-refractivity contribution in [3.8, 4) is 0 Å². The van der Waals surface area contributed by atoms with Crippen LogP contribution in [0.3, 0.4) is 0 Å². The van der Waals surface area contributed by atoms with Crippen molar-refractivity contribution >= 4 is 5.91 Å². The van der Waals surface area contributed by atoms with Gasteiger partial charge in [0.2, 0.25) is 0 Å². The zero-order valence-corrected chi connectivity index (χ0v) is 10.2. The van der Waals surface area contributed by atoms with Gasteiger partial charge < -0.3 is 4.90 Å². The molecule has 0 fully saturated rings. The van der Waals surface area contributed by atoms with Crippen molar-refractivity contribution in [2.24, 2.45) is 0 Å². The fraction of sp³-hybridized carbons (Fsp3) is 0.357. The zero-order chi connectivity index (χ0) is 12.4. The normalized spacial score (nSPS) is 15.7. The van der Waals surface area contributed by atoms with Crippen molar-refractivity contribution in [1.29, 1.82) is 0 Å². The first-order chi connectivity index (χ1) is 8.08. The molecule has 0 atom stereocenters. The Hall–Kier alpha value is -1.64. The van der Waals surface area contributed by atoms with E-state index < -0.39 is 5.82 Å². The van der Waals surface area contributed by atoms with Gasteiger partial charge in [-0.1, -0.05) is 23.3 Å². The fourth-order valence-electron chi connectivity index (χ4n) is 2.06. The Balaban J connectivity index is 2.25. The van der Waals surface area contributed by atoms with Crippen molar-refractivity contribution in [2.45, 2.75) is 20.3 Å². The molecule has 0 aliphatic carbocycles. The van der Waals surface area contributed by atoms with Gasteiger partial charge in [0, 0.05) is 13.1 Å². The smallest absolute Gasteiger partial charge is 0.257 e. The Morgan fingerprint density at radius 2 is 2.12 bits per heavy atom. The van der Waals surface area contributed by atoms with Crippen LogP contribution < -0.4 is 0 Å². The van der Waals surface area contributed by atoms with Crippen LogP contribution in [0.4, 0.5) is 4.39 Å². The number of hydrogen-bond acceptors (Lipinski definition) is 1. The van der Waals surface area contributed by atoms with Crippen LogP contribution in [0.5, 0.6) is 0 Å². The summed E-state index contributed by atoms with van der Waals surface area (Å²) in [5.41, 5.74) is 2.25. The lowest BCUT2D eigenvalue weighted by atomic mass is 10.1. The van der Waals surface area contributed by atoms with Gasteiger partial charge in [0.15, 0.2) is 0 Å². The molecule has 0 radical (unpaired) electrons. The van der Waals surface area contributed by atoms with Crippen LogP contribution in [0, 0.1) is 12.7 Å². The number of aryl methyl sites for hydroxylation is 1. The third-order valence-electron chi connectivity index (χ3n) is 2.97. The molecule has 1 aromatic rings. The Bertz CT molecular complexity index is 479. The Morgan fingerprint density at radius 1 is 1.35 bits per heavy atom. The maximum absolute atomic E-state index is 13.6. The summed E-state index contributed by atoms with van der Waals surface area (Å²) < 4.78 is 13.6. The van der Waals surface area contributed by atoms with Crippen LogP contribution in [0.2, 0.25) is 0 Å². The molecule has 1 aromatic carbocycles. The average molecular weight is 233 g/mol. The second-order valence-electron chi connectivity index (χ2n) is 4.55. The number of nitrogens with zero attached hydrogens (tertiary/aromatic N) is 1. The highest BCUT2D eigenvalue weighted by Crippen LogP contribution is 2.16. The van der Waals surface area contributed by atoms with Gasteiger partial charge in [-0.05, 0) is 32.4 Å². The second kappa shape index (κ2) is 4.70. The SMILES string of the molecule is CC1=CCCN(C(=O)c2cc(C)ccc2F)C1. The highest BCUT2D eigenvalue weighted by Gasteiger charge is 2.20. The van der Waals surface area contributed by atoms with E-state index in [1.807, 2.05) is 13.8 Å². The molecule has 1 aliphatic rings. The lowest BCUT2D eigenvalue weighted by Gasteiger charge is -2.26. The van der Waals surface area contributed by atoms with E-state index in [1.54, 1.807) is 17.0 Å². The largest absolute Gasteiger partial charge is 0.334 e. The highest BCUT2D eigenvalue weighted by atomic mass is 19.1. The molecule has 1 aliphatic heterocycles. The molecule has 0 unspecified atom stereocenters. The van der Waals surface area contributed by atoms with E-state index in [-0.39, 0.29) is 11.5 Å². The second-order valence-corrected chi connectivity index (χ2v) is 4.55. The molecule has 3 heteroatoms. The molecule has 0 saturated carbocycles. The van der Waals surface area contributed by atoms with E-state index in [1.165, 1.54) is 6.07 Å². The molecule has 2 rings (SSSR count). The lowest BCUT2D eigenvalue weighted by Crippen LogP contribution is -2.35. The van der Waals surface area contributed by atoms with E-state index in [0.717, 1.165) is 17.6 Å². The Labute approximate surface area is 101 Å². The van der Waals surface area contributed by atoms with Gasteiger partial charge in [-0.3, -0.25) is 4.79 Å². The molecular weight excluding hydrogens is 217 g/mol. The number of halogens is 1. The van der Waals surface area contributed by atoms with Crippen molar-refractivity contribution in [3.05, 3.63) is 46.8 Å². The molecule has 0 spiro atoms. The molecule has 0 bridgehead atoms. The predicted octanol–water partition coefficient (Wildman–Crippen LogP) is 2.93. The summed E-state index contributed by atoms with van der Waals surface area (Å²) in [6.45, 7) is 5.12. The first-order valence-corrected chi connectivity index (χ1v) is 5.79. The van der Waals surface area contributed by atoms with Crippen LogP contribution in [0.25, 0.3) is 0 Å². The molecule has 1 heterocycles. The van der Waals surface area contributed by atoms with Crippen molar-refractivity contribution in [2.75, 3.05) is 13.1 Å². The molecular formula is C14H16FNO. The highest BCUT2D eigenvalue weighted by molar-refractivity contribution is 5.95. The monoisotopic (exact) mass is 233 g/mol. The van der Waals surface area contributed by atoms with Crippen molar-refractivity contribution < 1.29 is 9.18 Å². The Kier molecular flexibility index (Phi) is 3.27. The molecule has 0 N–H and O–H groups in total. The molecule has 0 aromatic heterocycles. The first-order valence-electron chi connectivity index (χ1n) is 5.79. The van der Waals surface area contributed by atoms with Crippen LogP contribution in [-0.4, -0.2) is 23.9 Å². The Morgan fingerprint density at radius 3 is 2.82 bits per heavy atom. The van der Waals surface area contributed by atoms with Gasteiger partial charge in [0.1, 0.15) is 5.82 Å². The van der Waals surface area contributed by atoms with Crippen LogP contribution in [0.1, 0.15) is 29.3 Å². The van der Waals surface area contributed by atoms with Crippen molar-refractivity contribution in [1.82, 2.24) is 4.90 Å². The maximum Gasteiger partial charge on any atom is 0.257 e. The van der Waals surface area contributed by atoms with E-state index in [9.17, 15) is 9.18 Å². The summed E-state index contributed by atoms with van der Waals surface area (Å²) in [7, 11) is 0. The summed E-state index contributed by atoms with van der Waals surface area (Å²) >= 11 is 0. The average Bonchev–Trinajstić information content (AvgIpc) is 2.31. The topological polar surface area (TPSA) is 20.3 Å². The van der Waals surface area contributed by atoms with Gasteiger partial charge in [0.05, 0.1) is 5.56 Å². The predicted molar refractivity (Wildman–Crippen MR) is 65.4 cm³/mol. The molecule has 1 amide bonds. The van der Waals surface area contributed by atoms with Crippen molar-refractivity contribution in [3.63, 3.8) is 0 Å². The lowest BCUT2D eigenvalue weighted by molar-refractivity contribution is 0.0761. The number of carbonyl (C=O) groups is 1. The molecule has 0 saturated heterocycles. The standard InChI is InChI=1S/C14H16FNO/c1-10-5-6-13(15)12(8-10)14(17)16-7-3-4-11(2)9-16/h4-6,8H,3,7,9H2,1-2H3. The number of carbonyl (C=O) groups excluding carboxylic acids is 1. The quantitative estimate of drug-likeness (QED) is 0.683. The third kappa shape index (κ3) is 2.54. The minimum Gasteiger partial charge on any atom is -0.334 e. The number of rotatable bonds is 1. The van der Waals surface area contributed by atoms with Gasteiger partial charge >= 0.3 is 0 Å². The fourth-order valence-corrected chi connectivity index (χ4v) is 2.06. The molecule has 90 valence electrons. The maximum atomic E-state index is 13.6.